The van der Waals surface area contributed by atoms with Crippen LogP contribution in [0.3, 0.4) is 0 Å². The minimum atomic E-state index is -1.08. The summed E-state index contributed by atoms with van der Waals surface area (Å²) in [6.07, 6.45) is 1.48. The van der Waals surface area contributed by atoms with Crippen molar-refractivity contribution in [3.05, 3.63) is 64.7 Å². The van der Waals surface area contributed by atoms with E-state index in [1.807, 2.05) is 0 Å². The fourth-order valence-corrected chi connectivity index (χ4v) is 2.34. The van der Waals surface area contributed by atoms with Crippen molar-refractivity contribution in [3.63, 3.8) is 0 Å². The van der Waals surface area contributed by atoms with Gasteiger partial charge in [0, 0.05) is 11.1 Å². The van der Waals surface area contributed by atoms with Gasteiger partial charge in [-0.2, -0.15) is 14.9 Å². The smallest absolute Gasteiger partial charge is 0.341 e. The van der Waals surface area contributed by atoms with Crippen LogP contribution in [0, 0.1) is 10.6 Å². The Morgan fingerprint density at radius 1 is 1.31 bits per heavy atom. The number of halogens is 1. The third kappa shape index (κ3) is 4.01. The van der Waals surface area contributed by atoms with Gasteiger partial charge in [0.15, 0.2) is 12.4 Å². The summed E-state index contributed by atoms with van der Waals surface area (Å²) >= 11 is 5.18. The van der Waals surface area contributed by atoms with Gasteiger partial charge < -0.3 is 9.84 Å². The molecule has 7 nitrogen and oxygen atoms in total. The van der Waals surface area contributed by atoms with Crippen LogP contribution in [0.15, 0.2) is 53.6 Å². The van der Waals surface area contributed by atoms with Crippen molar-refractivity contribution in [3.8, 4) is 17.1 Å². The highest BCUT2D eigenvalue weighted by Crippen LogP contribution is 2.19. The van der Waals surface area contributed by atoms with E-state index in [4.69, 9.17) is 22.1 Å². The Bertz CT molecular complexity index is 1010. The van der Waals surface area contributed by atoms with E-state index >= 15 is 0 Å². The van der Waals surface area contributed by atoms with Gasteiger partial charge >= 0.3 is 5.97 Å². The first-order chi connectivity index (χ1) is 12.5. The molecule has 2 N–H and O–H groups in total. The van der Waals surface area contributed by atoms with Crippen LogP contribution in [0.25, 0.3) is 11.4 Å². The van der Waals surface area contributed by atoms with E-state index in [9.17, 15) is 9.18 Å². The summed E-state index contributed by atoms with van der Waals surface area (Å²) in [4.78, 5) is 10.7. The molecule has 0 spiro atoms. The van der Waals surface area contributed by atoms with E-state index in [-0.39, 0.29) is 10.6 Å². The summed E-state index contributed by atoms with van der Waals surface area (Å²) in [7, 11) is 0. The van der Waals surface area contributed by atoms with Crippen molar-refractivity contribution < 1.29 is 19.0 Å². The highest BCUT2D eigenvalue weighted by Gasteiger charge is 2.09. The molecule has 0 amide bonds. The Morgan fingerprint density at radius 3 is 2.77 bits per heavy atom. The quantitative estimate of drug-likeness (QED) is 0.512. The van der Waals surface area contributed by atoms with Crippen molar-refractivity contribution in [1.29, 1.82) is 0 Å². The Balaban J connectivity index is 1.93. The van der Waals surface area contributed by atoms with Gasteiger partial charge in [0.2, 0.25) is 4.77 Å². The molecule has 0 radical (unpaired) electrons. The average Bonchev–Trinajstić information content (AvgIpc) is 3.00. The molecule has 0 saturated carbocycles. The number of H-pyrrole nitrogens is 1. The first-order valence-corrected chi connectivity index (χ1v) is 7.87. The maximum atomic E-state index is 13.1. The molecule has 3 aromatic rings. The zero-order valence-corrected chi connectivity index (χ0v) is 14.1. The first kappa shape index (κ1) is 17.5. The van der Waals surface area contributed by atoms with Crippen molar-refractivity contribution in [2.45, 2.75) is 0 Å². The van der Waals surface area contributed by atoms with Crippen LogP contribution >= 0.6 is 12.2 Å². The summed E-state index contributed by atoms with van der Waals surface area (Å²) in [5.41, 5.74) is 1.20. The molecule has 0 aliphatic heterocycles. The van der Waals surface area contributed by atoms with Crippen LogP contribution < -0.4 is 4.74 Å². The number of hydrogen-bond donors (Lipinski definition) is 2. The summed E-state index contributed by atoms with van der Waals surface area (Å²) in [6.45, 7) is -0.461. The molecule has 0 unspecified atom stereocenters. The molecule has 3 rings (SSSR count). The third-order valence-corrected chi connectivity index (χ3v) is 3.60. The monoisotopic (exact) mass is 372 g/mol. The lowest BCUT2D eigenvalue weighted by atomic mass is 10.2. The molecule has 1 heterocycles. The topological polar surface area (TPSA) is 92.5 Å². The number of nitrogens with one attached hydrogen (secondary N) is 1. The number of rotatable bonds is 6. The number of ether oxygens (including phenoxy) is 1. The standard InChI is InChI=1S/C17H13FN4O3S/c18-13-7-5-11(6-8-13)16-20-21-17(26)22(16)19-9-12-3-1-2-4-14(12)25-10-15(23)24/h1-9H,10H2,(H,21,26)(H,23,24)/b19-9+. The van der Waals surface area contributed by atoms with E-state index in [0.717, 1.165) is 0 Å². The number of carbonyl (C=O) groups is 1. The van der Waals surface area contributed by atoms with Crippen molar-refractivity contribution in [1.82, 2.24) is 14.9 Å². The molecular weight excluding hydrogens is 359 g/mol. The van der Waals surface area contributed by atoms with Crippen molar-refractivity contribution in [2.24, 2.45) is 5.10 Å². The maximum absolute atomic E-state index is 13.1. The van der Waals surface area contributed by atoms with Crippen LogP contribution in [0.2, 0.25) is 0 Å². The predicted molar refractivity (Wildman–Crippen MR) is 95.4 cm³/mol. The molecule has 9 heteroatoms. The minimum Gasteiger partial charge on any atom is -0.481 e. The molecule has 0 aliphatic carbocycles. The Kier molecular flexibility index (Phi) is 5.18. The van der Waals surface area contributed by atoms with Crippen LogP contribution in [0.5, 0.6) is 5.75 Å². The van der Waals surface area contributed by atoms with E-state index in [2.05, 4.69) is 15.3 Å². The average molecular weight is 372 g/mol. The van der Waals surface area contributed by atoms with Gasteiger partial charge in [0.25, 0.3) is 0 Å². The number of nitrogens with zero attached hydrogens (tertiary/aromatic N) is 3. The van der Waals surface area contributed by atoms with Gasteiger partial charge in [-0.05, 0) is 48.6 Å². The van der Waals surface area contributed by atoms with E-state index in [1.165, 1.54) is 23.0 Å². The highest BCUT2D eigenvalue weighted by molar-refractivity contribution is 7.71. The molecule has 0 aliphatic rings. The number of hydrogen-bond acceptors (Lipinski definition) is 5. The van der Waals surface area contributed by atoms with Crippen molar-refractivity contribution >= 4 is 24.4 Å². The SMILES string of the molecule is O=C(O)COc1ccccc1/C=N/n1c(-c2ccc(F)cc2)n[nH]c1=S. The van der Waals surface area contributed by atoms with E-state index in [1.54, 1.807) is 36.4 Å². The van der Waals surface area contributed by atoms with Crippen LogP contribution in [0.4, 0.5) is 4.39 Å². The first-order valence-electron chi connectivity index (χ1n) is 7.46. The van der Waals surface area contributed by atoms with Gasteiger partial charge in [-0.3, -0.25) is 0 Å². The Labute approximate surface area is 152 Å². The fraction of sp³-hybridized carbons (Fsp3) is 0.0588. The normalized spacial score (nSPS) is 11.0. The lowest BCUT2D eigenvalue weighted by Crippen LogP contribution is -2.10. The molecule has 0 saturated heterocycles. The molecular formula is C17H13FN4O3S. The fourth-order valence-electron chi connectivity index (χ4n) is 2.16. The molecule has 132 valence electrons. The predicted octanol–water partition coefficient (Wildman–Crippen LogP) is 3.09. The van der Waals surface area contributed by atoms with Crippen LogP contribution in [-0.4, -0.2) is 38.8 Å². The van der Waals surface area contributed by atoms with Crippen molar-refractivity contribution in [2.75, 3.05) is 6.61 Å². The molecule has 2 aromatic carbocycles. The van der Waals surface area contributed by atoms with E-state index < -0.39 is 12.6 Å². The number of carboxylic acid groups (broad SMARTS) is 1. The third-order valence-electron chi connectivity index (χ3n) is 3.34. The number of aromatic amines is 1. The Hall–Kier alpha value is -3.33. The largest absolute Gasteiger partial charge is 0.481 e. The second-order valence-corrected chi connectivity index (χ2v) is 5.52. The number of aromatic nitrogens is 3. The number of aliphatic carboxylic acids is 1. The van der Waals surface area contributed by atoms with Gasteiger partial charge in [-0.15, -0.1) is 0 Å². The zero-order chi connectivity index (χ0) is 18.5. The van der Waals surface area contributed by atoms with Gasteiger partial charge in [0.1, 0.15) is 11.6 Å². The molecule has 1 aromatic heterocycles. The van der Waals surface area contributed by atoms with Gasteiger partial charge in [-0.1, -0.05) is 12.1 Å². The zero-order valence-electron chi connectivity index (χ0n) is 13.3. The summed E-state index contributed by atoms with van der Waals surface area (Å²) in [5, 5.41) is 19.8. The summed E-state index contributed by atoms with van der Waals surface area (Å²) in [6, 6.07) is 12.6. The van der Waals surface area contributed by atoms with Gasteiger partial charge in [0.05, 0.1) is 6.21 Å². The Morgan fingerprint density at radius 2 is 2.04 bits per heavy atom. The second kappa shape index (κ2) is 7.70. The van der Waals surface area contributed by atoms with Crippen LogP contribution in [-0.2, 0) is 4.79 Å². The molecule has 0 fully saturated rings. The lowest BCUT2D eigenvalue weighted by molar-refractivity contribution is -0.139. The molecule has 26 heavy (non-hydrogen) atoms. The molecule has 0 atom stereocenters. The molecule has 0 bridgehead atoms. The second-order valence-electron chi connectivity index (χ2n) is 5.14. The summed E-state index contributed by atoms with van der Waals surface area (Å²) in [5.74, 6) is -0.651. The van der Waals surface area contributed by atoms with E-state index in [0.29, 0.717) is 22.7 Å². The van der Waals surface area contributed by atoms with Gasteiger partial charge in [-0.25, -0.2) is 14.3 Å². The number of benzene rings is 2. The number of carboxylic acids is 1. The lowest BCUT2D eigenvalue weighted by Gasteiger charge is -2.06. The summed E-state index contributed by atoms with van der Waals surface area (Å²) < 4.78 is 20.0. The maximum Gasteiger partial charge on any atom is 0.341 e. The van der Waals surface area contributed by atoms with Crippen LogP contribution in [0.1, 0.15) is 5.56 Å². The minimum absolute atomic E-state index is 0.254. The number of para-hydroxylation sites is 1. The highest BCUT2D eigenvalue weighted by atomic mass is 32.1.